The minimum absolute atomic E-state index is 0.00674. The van der Waals surface area contributed by atoms with Crippen molar-refractivity contribution in [2.24, 2.45) is 0 Å². The summed E-state index contributed by atoms with van der Waals surface area (Å²) in [6.45, 7) is 0. The Labute approximate surface area is 174 Å². The Balaban J connectivity index is 1.62. The van der Waals surface area contributed by atoms with Crippen molar-refractivity contribution in [1.82, 2.24) is 19.7 Å². The molecule has 1 aliphatic rings. The molecule has 0 aliphatic heterocycles. The van der Waals surface area contributed by atoms with Crippen LogP contribution in [0.4, 0.5) is 5.82 Å². The predicted octanol–water partition coefficient (Wildman–Crippen LogP) is 3.38. The van der Waals surface area contributed by atoms with E-state index in [1.807, 2.05) is 36.4 Å². The number of hydrogen-bond donors (Lipinski definition) is 2. The zero-order valence-electron chi connectivity index (χ0n) is 16.0. The number of aromatic nitrogens is 3. The first kappa shape index (κ1) is 18.7. The minimum Gasteiger partial charge on any atom is -0.383 e. The Kier molecular flexibility index (Phi) is 4.45. The highest BCUT2D eigenvalue weighted by Crippen LogP contribution is 2.32. The van der Waals surface area contributed by atoms with Gasteiger partial charge in [-0.1, -0.05) is 6.07 Å². The molecule has 1 aliphatic carbocycles. The summed E-state index contributed by atoms with van der Waals surface area (Å²) in [5, 5.41) is 0.957. The van der Waals surface area contributed by atoms with Crippen LogP contribution in [-0.4, -0.2) is 29.4 Å². The van der Waals surface area contributed by atoms with Crippen molar-refractivity contribution in [3.63, 3.8) is 0 Å². The molecule has 0 saturated heterocycles. The average molecular weight is 417 g/mol. The van der Waals surface area contributed by atoms with Gasteiger partial charge in [-0.25, -0.2) is 18.1 Å². The summed E-state index contributed by atoms with van der Waals surface area (Å²) < 4.78 is 28.0. The van der Waals surface area contributed by atoms with Crippen LogP contribution >= 0.6 is 0 Å². The van der Waals surface area contributed by atoms with Gasteiger partial charge in [0.15, 0.2) is 0 Å². The van der Waals surface area contributed by atoms with Crippen molar-refractivity contribution < 1.29 is 8.42 Å². The van der Waals surface area contributed by atoms with E-state index in [9.17, 15) is 8.42 Å². The molecule has 0 atom stereocenters. The van der Waals surface area contributed by atoms with E-state index in [0.717, 1.165) is 40.4 Å². The van der Waals surface area contributed by atoms with Gasteiger partial charge in [0.25, 0.3) is 0 Å². The van der Waals surface area contributed by atoms with E-state index in [0.29, 0.717) is 5.56 Å². The van der Waals surface area contributed by atoms with Crippen molar-refractivity contribution >= 4 is 26.7 Å². The van der Waals surface area contributed by atoms with E-state index in [4.69, 9.17) is 5.73 Å². The second-order valence-corrected chi connectivity index (χ2v) is 9.01. The summed E-state index contributed by atoms with van der Waals surface area (Å²) in [4.78, 5) is 12.7. The molecule has 1 saturated carbocycles. The zero-order chi connectivity index (χ0) is 20.7. The Bertz CT molecular complexity index is 1350. The first-order valence-electron chi connectivity index (χ1n) is 9.59. The van der Waals surface area contributed by atoms with Gasteiger partial charge >= 0.3 is 0 Å². The lowest BCUT2D eigenvalue weighted by molar-refractivity contribution is 0.581. The van der Waals surface area contributed by atoms with E-state index >= 15 is 0 Å². The van der Waals surface area contributed by atoms with Crippen LogP contribution in [0, 0.1) is 0 Å². The van der Waals surface area contributed by atoms with Crippen LogP contribution in [0.15, 0.2) is 72.1 Å². The van der Waals surface area contributed by atoms with Gasteiger partial charge in [-0.15, -0.1) is 0 Å². The smallest absolute Gasteiger partial charge is 0.244 e. The Morgan fingerprint density at radius 1 is 0.900 bits per heavy atom. The molecule has 3 N–H and O–H groups in total. The molecular formula is C22H19N5O2S. The fraction of sp³-hybridized carbons (Fsp3) is 0.136. The zero-order valence-corrected chi connectivity index (χ0v) is 16.8. The highest BCUT2D eigenvalue weighted by Gasteiger charge is 2.29. The topological polar surface area (TPSA) is 111 Å². The van der Waals surface area contributed by atoms with E-state index in [-0.39, 0.29) is 16.8 Å². The van der Waals surface area contributed by atoms with Gasteiger partial charge in [0.05, 0.1) is 5.52 Å². The number of benzene rings is 1. The first-order valence-corrected chi connectivity index (χ1v) is 11.1. The average Bonchev–Trinajstić information content (AvgIpc) is 3.57. The number of nitrogens with two attached hydrogens (primary N) is 1. The highest BCUT2D eigenvalue weighted by molar-refractivity contribution is 7.89. The highest BCUT2D eigenvalue weighted by atomic mass is 32.2. The van der Waals surface area contributed by atoms with Gasteiger partial charge in [0, 0.05) is 41.8 Å². The van der Waals surface area contributed by atoms with Gasteiger partial charge < -0.3 is 5.73 Å². The van der Waals surface area contributed by atoms with Gasteiger partial charge in [-0.3, -0.25) is 9.97 Å². The maximum absolute atomic E-state index is 12.7. The van der Waals surface area contributed by atoms with Crippen LogP contribution in [0.25, 0.3) is 33.2 Å². The van der Waals surface area contributed by atoms with Gasteiger partial charge in [0.1, 0.15) is 10.7 Å². The molecule has 0 spiro atoms. The van der Waals surface area contributed by atoms with Gasteiger partial charge in [-0.05, 0) is 65.9 Å². The van der Waals surface area contributed by atoms with Crippen molar-refractivity contribution in [2.75, 3.05) is 5.73 Å². The summed E-state index contributed by atoms with van der Waals surface area (Å²) in [7, 11) is -3.71. The van der Waals surface area contributed by atoms with E-state index in [2.05, 4.69) is 19.7 Å². The van der Waals surface area contributed by atoms with Crippen LogP contribution in [0.1, 0.15) is 12.8 Å². The number of pyridine rings is 3. The maximum atomic E-state index is 12.7. The summed E-state index contributed by atoms with van der Waals surface area (Å²) in [5.74, 6) is -0.00756. The molecule has 0 bridgehead atoms. The van der Waals surface area contributed by atoms with Crippen LogP contribution < -0.4 is 10.5 Å². The molecule has 3 heterocycles. The number of nitrogens with zero attached hydrogens (tertiary/aromatic N) is 3. The fourth-order valence-corrected chi connectivity index (χ4v) is 4.83. The minimum atomic E-state index is -3.71. The van der Waals surface area contributed by atoms with Gasteiger partial charge in [-0.2, -0.15) is 0 Å². The van der Waals surface area contributed by atoms with Crippen LogP contribution in [0.2, 0.25) is 0 Å². The van der Waals surface area contributed by atoms with E-state index < -0.39 is 10.0 Å². The third-order valence-electron chi connectivity index (χ3n) is 5.14. The first-order chi connectivity index (χ1) is 14.5. The summed E-state index contributed by atoms with van der Waals surface area (Å²) in [6, 6.07) is 13.2. The van der Waals surface area contributed by atoms with E-state index in [1.165, 1.54) is 0 Å². The number of fused-ring (bicyclic) bond motifs is 1. The van der Waals surface area contributed by atoms with E-state index in [1.54, 1.807) is 30.9 Å². The number of anilines is 1. The largest absolute Gasteiger partial charge is 0.383 e. The number of hydrogen-bond acceptors (Lipinski definition) is 6. The monoisotopic (exact) mass is 417 g/mol. The molecule has 1 aromatic carbocycles. The molecule has 5 rings (SSSR count). The van der Waals surface area contributed by atoms with Crippen LogP contribution in [0.3, 0.4) is 0 Å². The summed E-state index contributed by atoms with van der Waals surface area (Å²) in [5.41, 5.74) is 10.3. The van der Waals surface area contributed by atoms with Crippen molar-refractivity contribution in [3.8, 4) is 22.3 Å². The second kappa shape index (κ2) is 7.16. The second-order valence-electron chi connectivity index (χ2n) is 7.33. The molecule has 0 radical (unpaired) electrons. The molecule has 30 heavy (non-hydrogen) atoms. The fourth-order valence-electron chi connectivity index (χ4n) is 3.42. The molecular weight excluding hydrogens is 398 g/mol. The molecule has 0 amide bonds. The quantitative estimate of drug-likeness (QED) is 0.515. The number of rotatable bonds is 5. The number of sulfonamides is 1. The predicted molar refractivity (Wildman–Crippen MR) is 116 cm³/mol. The van der Waals surface area contributed by atoms with Gasteiger partial charge in [0.2, 0.25) is 10.0 Å². The van der Waals surface area contributed by atoms with Crippen LogP contribution in [-0.2, 0) is 10.0 Å². The number of nitrogens with one attached hydrogen (secondary N) is 1. The SMILES string of the molecule is Nc1ncc(-c2ccc3nccc(-c4ccncc4)c3c2)cc1S(=O)(=O)NC1CC1. The molecule has 1 fully saturated rings. The Morgan fingerprint density at radius 2 is 1.70 bits per heavy atom. The lowest BCUT2D eigenvalue weighted by atomic mass is 9.98. The van der Waals surface area contributed by atoms with Crippen molar-refractivity contribution in [3.05, 3.63) is 67.3 Å². The maximum Gasteiger partial charge on any atom is 0.244 e. The lowest BCUT2D eigenvalue weighted by Crippen LogP contribution is -2.26. The van der Waals surface area contributed by atoms with Crippen LogP contribution in [0.5, 0.6) is 0 Å². The molecule has 0 unspecified atom stereocenters. The molecule has 4 aromatic rings. The molecule has 3 aromatic heterocycles. The summed E-state index contributed by atoms with van der Waals surface area (Å²) in [6.07, 6.45) is 8.56. The normalized spacial score (nSPS) is 14.1. The molecule has 8 heteroatoms. The van der Waals surface area contributed by atoms with Crippen molar-refractivity contribution in [1.29, 1.82) is 0 Å². The molecule has 150 valence electrons. The third kappa shape index (κ3) is 3.51. The number of nitrogen functional groups attached to an aromatic ring is 1. The standard InChI is InChI=1S/C22H19N5O2S/c23-22-21(30(28,29)27-17-2-3-17)12-16(13-26-22)15-1-4-20-19(11-15)18(7-10-25-20)14-5-8-24-9-6-14/h1,4-13,17,27H,2-3H2,(H2,23,26). The Hall–Kier alpha value is -3.36. The third-order valence-corrected chi connectivity index (χ3v) is 6.69. The van der Waals surface area contributed by atoms with Crippen molar-refractivity contribution in [2.45, 2.75) is 23.8 Å². The Morgan fingerprint density at radius 3 is 2.47 bits per heavy atom. The summed E-state index contributed by atoms with van der Waals surface area (Å²) >= 11 is 0. The molecule has 7 nitrogen and oxygen atoms in total. The lowest BCUT2D eigenvalue weighted by Gasteiger charge is -2.11.